The molecule has 0 aromatic carbocycles. The molecule has 0 atom stereocenters. The molecule has 1 fully saturated rings. The Morgan fingerprint density at radius 1 is 0.576 bits per heavy atom. The van der Waals surface area contributed by atoms with Gasteiger partial charge in [-0.3, -0.25) is 0 Å². The molecule has 0 N–H and O–H groups in total. The van der Waals surface area contributed by atoms with Gasteiger partial charge < -0.3 is 9.47 Å². The molecule has 0 spiro atoms. The highest BCUT2D eigenvalue weighted by atomic mass is 16.7. The molecule has 2 nitrogen and oxygen atoms in total. The molecule has 1 heterocycles. The molecule has 0 radical (unpaired) electrons. The van der Waals surface area contributed by atoms with Crippen LogP contribution in [-0.2, 0) is 9.47 Å². The van der Waals surface area contributed by atoms with Gasteiger partial charge in [-0.05, 0) is 31.8 Å². The van der Waals surface area contributed by atoms with Gasteiger partial charge in [-0.1, -0.05) is 142 Å². The van der Waals surface area contributed by atoms with Crippen molar-refractivity contribution in [2.24, 2.45) is 0 Å². The molecule has 0 aliphatic carbocycles. The highest BCUT2D eigenvalue weighted by molar-refractivity contribution is 6.66. The zero-order valence-electron chi connectivity index (χ0n) is 23.5. The summed E-state index contributed by atoms with van der Waals surface area (Å²) in [6, 6.07) is 0. The molecule has 0 amide bonds. The molecule has 33 heavy (non-hydrogen) atoms. The Bertz CT molecular complexity index is 470. The van der Waals surface area contributed by atoms with E-state index in [1.807, 2.05) is 0 Å². The molecule has 1 aliphatic rings. The first-order valence-corrected chi connectivity index (χ1v) is 15.1. The van der Waals surface area contributed by atoms with Crippen LogP contribution in [0, 0.1) is 0 Å². The van der Waals surface area contributed by atoms with Crippen molar-refractivity contribution in [1.82, 2.24) is 0 Å². The SMILES string of the molecule is CCCCCCB(CCCCCC)/C(CCCCCC)=C(/CCCCCC)C1(C)OCCO1. The number of unbranched alkanes of at least 4 members (excludes halogenated alkanes) is 12. The van der Waals surface area contributed by atoms with Crippen molar-refractivity contribution in [1.29, 1.82) is 0 Å². The van der Waals surface area contributed by atoms with Crippen molar-refractivity contribution >= 4 is 6.71 Å². The van der Waals surface area contributed by atoms with Gasteiger partial charge in [0.25, 0.3) is 0 Å². The molecule has 0 aromatic heterocycles. The van der Waals surface area contributed by atoms with Gasteiger partial charge in [0, 0.05) is 0 Å². The van der Waals surface area contributed by atoms with Crippen LogP contribution in [0.4, 0.5) is 0 Å². The van der Waals surface area contributed by atoms with Crippen LogP contribution in [0.5, 0.6) is 0 Å². The predicted molar refractivity (Wildman–Crippen MR) is 149 cm³/mol. The molecule has 194 valence electrons. The van der Waals surface area contributed by atoms with Crippen molar-refractivity contribution in [3.63, 3.8) is 0 Å². The van der Waals surface area contributed by atoms with E-state index in [0.717, 1.165) is 19.9 Å². The van der Waals surface area contributed by atoms with Crippen LogP contribution in [0.3, 0.4) is 0 Å². The molecule has 0 aromatic rings. The molecule has 0 saturated carbocycles. The largest absolute Gasteiger partial charge is 0.344 e. The Morgan fingerprint density at radius 2 is 1.00 bits per heavy atom. The lowest BCUT2D eigenvalue weighted by molar-refractivity contribution is -0.112. The fourth-order valence-electron chi connectivity index (χ4n) is 5.57. The summed E-state index contributed by atoms with van der Waals surface area (Å²) in [7, 11) is 0. The van der Waals surface area contributed by atoms with Crippen molar-refractivity contribution in [2.75, 3.05) is 13.2 Å². The lowest BCUT2D eigenvalue weighted by Crippen LogP contribution is -2.33. The minimum Gasteiger partial charge on any atom is -0.344 e. The minimum absolute atomic E-state index is 0.475. The van der Waals surface area contributed by atoms with Crippen LogP contribution in [0.25, 0.3) is 0 Å². The number of rotatable bonds is 22. The van der Waals surface area contributed by atoms with Gasteiger partial charge in [-0.15, -0.1) is 0 Å². The van der Waals surface area contributed by atoms with E-state index in [0.29, 0.717) is 0 Å². The molecule has 0 unspecified atom stereocenters. The van der Waals surface area contributed by atoms with E-state index in [9.17, 15) is 0 Å². The van der Waals surface area contributed by atoms with Gasteiger partial charge in [0.1, 0.15) is 0 Å². The van der Waals surface area contributed by atoms with Crippen molar-refractivity contribution < 1.29 is 9.47 Å². The van der Waals surface area contributed by atoms with Crippen LogP contribution < -0.4 is 0 Å². The third-order valence-corrected chi connectivity index (χ3v) is 7.66. The molecular formula is C30H59BO2. The second-order valence-corrected chi connectivity index (χ2v) is 10.7. The summed E-state index contributed by atoms with van der Waals surface area (Å²) in [4.78, 5) is 0. The van der Waals surface area contributed by atoms with Crippen LogP contribution in [0.1, 0.15) is 150 Å². The van der Waals surface area contributed by atoms with Crippen LogP contribution in [0.15, 0.2) is 11.0 Å². The molecule has 1 aliphatic heterocycles. The van der Waals surface area contributed by atoms with Crippen LogP contribution in [-0.4, -0.2) is 25.7 Å². The summed E-state index contributed by atoms with van der Waals surface area (Å²) >= 11 is 0. The third-order valence-electron chi connectivity index (χ3n) is 7.66. The maximum Gasteiger partial charge on any atom is 0.187 e. The summed E-state index contributed by atoms with van der Waals surface area (Å²) < 4.78 is 12.6. The Kier molecular flexibility index (Phi) is 18.6. The number of hydrogen-bond acceptors (Lipinski definition) is 2. The first-order chi connectivity index (χ1) is 16.1. The average Bonchev–Trinajstić information content (AvgIpc) is 3.26. The highest BCUT2D eigenvalue weighted by Gasteiger charge is 2.38. The van der Waals surface area contributed by atoms with Gasteiger partial charge in [0.15, 0.2) is 12.5 Å². The van der Waals surface area contributed by atoms with E-state index in [1.54, 1.807) is 11.0 Å². The molecule has 1 saturated heterocycles. The summed E-state index contributed by atoms with van der Waals surface area (Å²) in [5.74, 6) is -0.475. The zero-order chi connectivity index (χ0) is 24.2. The van der Waals surface area contributed by atoms with E-state index in [1.165, 1.54) is 128 Å². The Hall–Kier alpha value is -0.275. The summed E-state index contributed by atoms with van der Waals surface area (Å²) in [6.07, 6.45) is 26.7. The summed E-state index contributed by atoms with van der Waals surface area (Å²) in [5, 5.41) is 0. The van der Waals surface area contributed by atoms with E-state index in [2.05, 4.69) is 34.6 Å². The quantitative estimate of drug-likeness (QED) is 0.118. The van der Waals surface area contributed by atoms with E-state index < -0.39 is 5.79 Å². The fourth-order valence-corrected chi connectivity index (χ4v) is 5.57. The van der Waals surface area contributed by atoms with Crippen molar-refractivity contribution in [3.8, 4) is 0 Å². The maximum absolute atomic E-state index is 6.32. The van der Waals surface area contributed by atoms with Gasteiger partial charge >= 0.3 is 0 Å². The van der Waals surface area contributed by atoms with E-state index in [-0.39, 0.29) is 0 Å². The highest BCUT2D eigenvalue weighted by Crippen LogP contribution is 2.38. The Morgan fingerprint density at radius 3 is 1.45 bits per heavy atom. The smallest absolute Gasteiger partial charge is 0.187 e. The molecule has 1 rings (SSSR count). The van der Waals surface area contributed by atoms with Crippen LogP contribution in [0.2, 0.25) is 12.6 Å². The fraction of sp³-hybridized carbons (Fsp3) is 0.933. The van der Waals surface area contributed by atoms with E-state index >= 15 is 0 Å². The summed E-state index contributed by atoms with van der Waals surface area (Å²) in [6.45, 7) is 13.7. The van der Waals surface area contributed by atoms with Crippen molar-refractivity contribution in [3.05, 3.63) is 11.0 Å². The van der Waals surface area contributed by atoms with Crippen LogP contribution >= 0.6 is 0 Å². The number of ether oxygens (including phenoxy) is 2. The monoisotopic (exact) mass is 462 g/mol. The second-order valence-electron chi connectivity index (χ2n) is 10.7. The maximum atomic E-state index is 6.32. The minimum atomic E-state index is -0.475. The second kappa shape index (κ2) is 20.0. The topological polar surface area (TPSA) is 18.5 Å². The summed E-state index contributed by atoms with van der Waals surface area (Å²) in [5.41, 5.74) is 3.29. The van der Waals surface area contributed by atoms with Gasteiger partial charge in [0.05, 0.1) is 13.2 Å². The van der Waals surface area contributed by atoms with Gasteiger partial charge in [-0.2, -0.15) is 0 Å². The van der Waals surface area contributed by atoms with E-state index in [4.69, 9.17) is 9.47 Å². The first-order valence-electron chi connectivity index (χ1n) is 15.1. The van der Waals surface area contributed by atoms with Crippen molar-refractivity contribution in [2.45, 2.75) is 169 Å². The number of allylic oxidation sites excluding steroid dienone is 1. The molecular weight excluding hydrogens is 403 g/mol. The average molecular weight is 463 g/mol. The predicted octanol–water partition coefficient (Wildman–Crippen LogP) is 10.2. The standard InChI is InChI=1S/C30H59BO2/c1-6-10-14-18-22-28(30(5)32-26-27-33-30)29(23-19-15-11-7-2)31(24-20-16-12-8-3)25-21-17-13-9-4/h6-27H2,1-5H3/b29-28-. The Balaban J connectivity index is 3.16. The lowest BCUT2D eigenvalue weighted by Gasteiger charge is -2.32. The van der Waals surface area contributed by atoms with Gasteiger partial charge in [-0.25, -0.2) is 0 Å². The lowest BCUT2D eigenvalue weighted by atomic mass is 9.37. The molecule has 3 heteroatoms. The third kappa shape index (κ3) is 12.8. The normalized spacial score (nSPS) is 16.3. The van der Waals surface area contributed by atoms with Gasteiger partial charge in [0.2, 0.25) is 0 Å². The number of hydrogen-bond donors (Lipinski definition) is 0. The Labute approximate surface area is 209 Å². The first kappa shape index (κ1) is 30.8. The zero-order valence-corrected chi connectivity index (χ0v) is 23.5. The molecule has 0 bridgehead atoms.